The fourth-order valence-corrected chi connectivity index (χ4v) is 3.89. The molecule has 208 valence electrons. The Kier molecular flexibility index (Phi) is 19.5. The average molecular weight is 533 g/mol. The molecule has 0 aromatic carbocycles. The molecule has 0 radical (unpaired) electrons. The molecular formula is C30H49ClN4O2. The smallest absolute Gasteiger partial charge is 0.212 e. The van der Waals surface area contributed by atoms with Gasteiger partial charge in [0.05, 0.1) is 11.6 Å². The number of nitrogens with one attached hydrogen (secondary N) is 3. The minimum Gasteiger partial charge on any atom is -0.385 e. The number of halogens is 1. The van der Waals surface area contributed by atoms with Gasteiger partial charge in [0.2, 0.25) is 6.41 Å². The molecule has 1 amide bonds. The Hall–Kier alpha value is -2.15. The SMILES string of the molecule is C1CCC1.C1CCNCC1.C=C(/C=C\C=C(/C)c1cc(NC=O)ncc1Cl)NCC1CCCOC1.CC. The summed E-state index contributed by atoms with van der Waals surface area (Å²) in [6, 6.07) is 1.74. The van der Waals surface area contributed by atoms with Crippen LogP contribution in [0.4, 0.5) is 5.82 Å². The van der Waals surface area contributed by atoms with Gasteiger partial charge in [-0.1, -0.05) is 76.3 Å². The van der Waals surface area contributed by atoms with E-state index in [-0.39, 0.29) is 0 Å². The van der Waals surface area contributed by atoms with Crippen LogP contribution in [0.15, 0.2) is 42.8 Å². The van der Waals surface area contributed by atoms with Crippen LogP contribution in [0.3, 0.4) is 0 Å². The van der Waals surface area contributed by atoms with Crippen LogP contribution in [-0.4, -0.2) is 44.2 Å². The molecule has 3 aliphatic rings. The molecule has 2 saturated heterocycles. The lowest BCUT2D eigenvalue weighted by Gasteiger charge is -2.22. The van der Waals surface area contributed by atoms with Crippen molar-refractivity contribution < 1.29 is 9.53 Å². The first-order chi connectivity index (χ1) is 18.1. The first kappa shape index (κ1) is 32.9. The van der Waals surface area contributed by atoms with Crippen molar-refractivity contribution in [2.24, 2.45) is 5.92 Å². The van der Waals surface area contributed by atoms with Gasteiger partial charge in [-0.05, 0) is 69.3 Å². The van der Waals surface area contributed by atoms with E-state index in [4.69, 9.17) is 16.3 Å². The summed E-state index contributed by atoms with van der Waals surface area (Å²) in [5.41, 5.74) is 2.65. The first-order valence-corrected chi connectivity index (χ1v) is 14.4. The van der Waals surface area contributed by atoms with Crippen molar-refractivity contribution in [1.82, 2.24) is 15.6 Å². The van der Waals surface area contributed by atoms with Crippen LogP contribution in [0.5, 0.6) is 0 Å². The Balaban J connectivity index is 0.000000464. The number of hydrogen-bond acceptors (Lipinski definition) is 5. The molecule has 2 aliphatic heterocycles. The standard InChI is InChI=1S/C19H24ClN3O2.C5H11N.C4H8.C2H6/c1-14(17-9-19(23-13-24)22-11-18(17)20)5-3-6-15(2)21-10-16-7-4-8-25-12-16;1-2-4-6-5-3-1;1-2-4-3-1;1-2/h3,5-6,9,11,13,16,21H,2,4,7-8,10,12H2,1H3,(H,22,23,24);6H,1-5H2;1-4H2;1-2H3/b6-3-,14-5+;;;. The zero-order chi connectivity index (χ0) is 27.1. The molecule has 3 fully saturated rings. The van der Waals surface area contributed by atoms with Crippen molar-refractivity contribution in [3.05, 3.63) is 53.4 Å². The van der Waals surface area contributed by atoms with Gasteiger partial charge in [-0.15, -0.1) is 0 Å². The minimum atomic E-state index is 0.465. The maximum absolute atomic E-state index is 10.5. The van der Waals surface area contributed by atoms with Gasteiger partial charge in [0.15, 0.2) is 0 Å². The van der Waals surface area contributed by atoms with E-state index < -0.39 is 0 Å². The van der Waals surface area contributed by atoms with Crippen LogP contribution >= 0.6 is 11.6 Å². The second kappa shape index (κ2) is 21.9. The van der Waals surface area contributed by atoms with E-state index in [9.17, 15) is 4.79 Å². The van der Waals surface area contributed by atoms with Crippen LogP contribution in [-0.2, 0) is 9.53 Å². The number of rotatable bonds is 8. The zero-order valence-electron chi connectivity index (χ0n) is 23.3. The van der Waals surface area contributed by atoms with Crippen molar-refractivity contribution in [3.63, 3.8) is 0 Å². The van der Waals surface area contributed by atoms with E-state index >= 15 is 0 Å². The van der Waals surface area contributed by atoms with Crippen molar-refractivity contribution in [2.75, 3.05) is 38.2 Å². The number of carbonyl (C=O) groups excluding carboxylic acids is 1. The molecule has 1 unspecified atom stereocenters. The number of aromatic nitrogens is 1. The molecule has 3 N–H and O–H groups in total. The maximum atomic E-state index is 10.5. The predicted molar refractivity (Wildman–Crippen MR) is 159 cm³/mol. The summed E-state index contributed by atoms with van der Waals surface area (Å²) in [5, 5.41) is 9.67. The van der Waals surface area contributed by atoms with Crippen LogP contribution in [0.25, 0.3) is 5.57 Å². The van der Waals surface area contributed by atoms with E-state index in [2.05, 4.69) is 27.5 Å². The lowest BCUT2D eigenvalue weighted by molar-refractivity contribution is -0.105. The molecular weight excluding hydrogens is 484 g/mol. The number of hydrogen-bond donors (Lipinski definition) is 3. The third kappa shape index (κ3) is 15.6. The van der Waals surface area contributed by atoms with Gasteiger partial charge in [0, 0.05) is 30.6 Å². The van der Waals surface area contributed by atoms with Crippen LogP contribution in [0, 0.1) is 5.92 Å². The van der Waals surface area contributed by atoms with Gasteiger partial charge in [0.25, 0.3) is 0 Å². The highest BCUT2D eigenvalue weighted by Gasteiger charge is 2.13. The van der Waals surface area contributed by atoms with Crippen LogP contribution < -0.4 is 16.0 Å². The van der Waals surface area contributed by atoms with Crippen LogP contribution in [0.2, 0.25) is 5.02 Å². The number of piperidine rings is 1. The highest BCUT2D eigenvalue weighted by Crippen LogP contribution is 2.25. The number of pyridine rings is 1. The Labute approximate surface area is 230 Å². The van der Waals surface area contributed by atoms with Gasteiger partial charge in [-0.25, -0.2) is 4.98 Å². The van der Waals surface area contributed by atoms with Crippen molar-refractivity contribution in [3.8, 4) is 0 Å². The first-order valence-electron chi connectivity index (χ1n) is 14.0. The number of allylic oxidation sites excluding steroid dienone is 4. The number of ether oxygens (including phenoxy) is 1. The fraction of sp³-hybridized carbons (Fsp3) is 0.600. The molecule has 0 spiro atoms. The monoisotopic (exact) mass is 532 g/mol. The molecule has 1 aromatic rings. The molecule has 3 heterocycles. The van der Waals surface area contributed by atoms with Gasteiger partial charge < -0.3 is 20.7 Å². The molecule has 1 atom stereocenters. The molecule has 37 heavy (non-hydrogen) atoms. The number of amides is 1. The molecule has 0 bridgehead atoms. The van der Waals surface area contributed by atoms with Crippen molar-refractivity contribution >= 4 is 29.4 Å². The molecule has 1 aromatic heterocycles. The van der Waals surface area contributed by atoms with E-state index in [0.29, 0.717) is 23.2 Å². The third-order valence-corrected chi connectivity index (χ3v) is 6.51. The minimum absolute atomic E-state index is 0.465. The Bertz CT molecular complexity index is 796. The van der Waals surface area contributed by atoms with E-state index in [1.807, 2.05) is 39.0 Å². The summed E-state index contributed by atoms with van der Waals surface area (Å²) in [5.74, 6) is 1.02. The maximum Gasteiger partial charge on any atom is 0.212 e. The Morgan fingerprint density at radius 1 is 1.16 bits per heavy atom. The summed E-state index contributed by atoms with van der Waals surface area (Å²) >= 11 is 6.18. The van der Waals surface area contributed by atoms with Crippen molar-refractivity contribution in [1.29, 1.82) is 0 Å². The zero-order valence-corrected chi connectivity index (χ0v) is 24.0. The van der Waals surface area contributed by atoms with E-state index in [0.717, 1.165) is 43.0 Å². The van der Waals surface area contributed by atoms with Gasteiger partial charge in [-0.2, -0.15) is 0 Å². The normalized spacial score (nSPS) is 18.9. The summed E-state index contributed by atoms with van der Waals surface area (Å²) in [4.78, 5) is 14.6. The van der Waals surface area contributed by atoms with Gasteiger partial charge in [-0.3, -0.25) is 4.79 Å². The van der Waals surface area contributed by atoms with Crippen molar-refractivity contribution in [2.45, 2.75) is 78.6 Å². The predicted octanol–water partition coefficient (Wildman–Crippen LogP) is 7.14. The quantitative estimate of drug-likeness (QED) is 0.245. The number of anilines is 1. The third-order valence-electron chi connectivity index (χ3n) is 6.21. The van der Waals surface area contributed by atoms with Crippen LogP contribution in [0.1, 0.15) is 84.1 Å². The summed E-state index contributed by atoms with van der Waals surface area (Å²) < 4.78 is 5.47. The second-order valence-electron chi connectivity index (χ2n) is 9.23. The molecule has 4 rings (SSSR count). The Morgan fingerprint density at radius 3 is 2.35 bits per heavy atom. The topological polar surface area (TPSA) is 75.3 Å². The largest absolute Gasteiger partial charge is 0.385 e. The molecule has 6 nitrogen and oxygen atoms in total. The summed E-state index contributed by atoms with van der Waals surface area (Å²) in [7, 11) is 0. The summed E-state index contributed by atoms with van der Waals surface area (Å²) in [6.07, 6.45) is 20.4. The van der Waals surface area contributed by atoms with E-state index in [1.54, 1.807) is 6.07 Å². The van der Waals surface area contributed by atoms with Gasteiger partial charge >= 0.3 is 0 Å². The lowest BCUT2D eigenvalue weighted by Crippen LogP contribution is -2.28. The number of carbonyl (C=O) groups is 1. The Morgan fingerprint density at radius 2 is 1.84 bits per heavy atom. The number of nitrogens with zero attached hydrogens (tertiary/aromatic N) is 1. The molecule has 1 saturated carbocycles. The second-order valence-corrected chi connectivity index (χ2v) is 9.64. The highest BCUT2D eigenvalue weighted by atomic mass is 35.5. The summed E-state index contributed by atoms with van der Waals surface area (Å²) in [6.45, 7) is 15.0. The average Bonchev–Trinajstić information content (AvgIpc) is 2.91. The molecule has 7 heteroatoms. The fourth-order valence-electron chi connectivity index (χ4n) is 3.63. The van der Waals surface area contributed by atoms with Gasteiger partial charge in [0.1, 0.15) is 5.82 Å². The lowest BCUT2D eigenvalue weighted by atomic mass is 10.0. The van der Waals surface area contributed by atoms with E-state index in [1.165, 1.54) is 70.7 Å². The molecule has 1 aliphatic carbocycles. The highest BCUT2D eigenvalue weighted by molar-refractivity contribution is 6.32.